The van der Waals surface area contributed by atoms with Gasteiger partial charge in [0.15, 0.2) is 0 Å². The van der Waals surface area contributed by atoms with Crippen LogP contribution in [0, 0.1) is 5.92 Å². The average molecular weight is 732 g/mol. The number of para-hydroxylation sites is 1. The van der Waals surface area contributed by atoms with Gasteiger partial charge in [-0.15, -0.1) is 0 Å². The molecule has 1 saturated heterocycles. The molecule has 7 heteroatoms. The van der Waals surface area contributed by atoms with Crippen molar-refractivity contribution in [2.75, 3.05) is 31.1 Å². The molecule has 280 valence electrons. The summed E-state index contributed by atoms with van der Waals surface area (Å²) in [7, 11) is 0. The van der Waals surface area contributed by atoms with Crippen molar-refractivity contribution in [1.29, 1.82) is 0 Å². The largest absolute Gasteiger partial charge is 0.372 e. The molecule has 3 aliphatic heterocycles. The van der Waals surface area contributed by atoms with Gasteiger partial charge in [-0.1, -0.05) is 107 Å². The molecule has 6 aromatic rings. The van der Waals surface area contributed by atoms with Crippen LogP contribution in [0.1, 0.15) is 125 Å². The zero-order valence-corrected chi connectivity index (χ0v) is 31.9. The maximum Gasteiger partial charge on any atom is 0.261 e. The van der Waals surface area contributed by atoms with E-state index in [-0.39, 0.29) is 29.5 Å². The molecule has 7 nitrogen and oxygen atoms in total. The van der Waals surface area contributed by atoms with E-state index in [1.54, 1.807) is 0 Å². The van der Waals surface area contributed by atoms with Crippen molar-refractivity contribution in [3.8, 4) is 0 Å². The van der Waals surface area contributed by atoms with Crippen LogP contribution < -0.4 is 4.90 Å². The van der Waals surface area contributed by atoms with E-state index in [1.807, 2.05) is 54.6 Å². The number of rotatable bonds is 14. The molecular weight excluding hydrogens is 683 g/mol. The summed E-state index contributed by atoms with van der Waals surface area (Å²) in [5.74, 6) is -0.682. The first-order valence-electron chi connectivity index (χ1n) is 20.7. The molecule has 0 unspecified atom stereocenters. The van der Waals surface area contributed by atoms with Crippen LogP contribution in [0.4, 0.5) is 5.69 Å². The number of hydrogen-bond acceptors (Lipinski definition) is 5. The number of benzene rings is 6. The number of amides is 4. The number of imide groups is 2. The van der Waals surface area contributed by atoms with Crippen LogP contribution in [0.15, 0.2) is 78.9 Å². The maximum atomic E-state index is 14.2. The summed E-state index contributed by atoms with van der Waals surface area (Å²) in [6, 6.07) is 25.8. The van der Waals surface area contributed by atoms with Crippen LogP contribution in [0.3, 0.4) is 0 Å². The smallest absolute Gasteiger partial charge is 0.261 e. The molecule has 0 bridgehead atoms. The second-order valence-corrected chi connectivity index (χ2v) is 16.1. The van der Waals surface area contributed by atoms with Crippen LogP contribution in [0.25, 0.3) is 43.1 Å². The second-order valence-electron chi connectivity index (χ2n) is 16.1. The first kappa shape index (κ1) is 35.4. The highest BCUT2D eigenvalue weighted by molar-refractivity contribution is 6.41. The molecule has 6 aromatic carbocycles. The summed E-state index contributed by atoms with van der Waals surface area (Å²) >= 11 is 0. The molecule has 3 aliphatic rings. The number of unbranched alkanes of at least 4 members (excludes halogenated alkanes) is 9. The molecule has 55 heavy (non-hydrogen) atoms. The van der Waals surface area contributed by atoms with Crippen molar-refractivity contribution in [3.05, 3.63) is 101 Å². The SMILES string of the molecule is CCCCCCCCCCCCN1C(=O)c2ccc3c4ccc5c6c(ccc(c7ccc(c2c37)C1=O)c64)C(=O)N(CC1CCN(c2ccccc2)CC1)C5=O. The van der Waals surface area contributed by atoms with Gasteiger partial charge in [-0.05, 0) is 93.9 Å². The minimum Gasteiger partial charge on any atom is -0.372 e. The number of anilines is 1. The quantitative estimate of drug-likeness (QED) is 0.0482. The van der Waals surface area contributed by atoms with Crippen molar-refractivity contribution in [3.63, 3.8) is 0 Å². The predicted octanol–water partition coefficient (Wildman–Crippen LogP) is 10.8. The molecule has 0 aromatic heterocycles. The van der Waals surface area contributed by atoms with Gasteiger partial charge in [0, 0.05) is 64.9 Å². The first-order chi connectivity index (χ1) is 27.0. The monoisotopic (exact) mass is 731 g/mol. The fourth-order valence-corrected chi connectivity index (χ4v) is 9.76. The van der Waals surface area contributed by atoms with Crippen LogP contribution >= 0.6 is 0 Å². The Bertz CT molecular complexity index is 2340. The van der Waals surface area contributed by atoms with E-state index < -0.39 is 0 Å². The third-order valence-corrected chi connectivity index (χ3v) is 12.7. The Kier molecular flexibility index (Phi) is 9.49. The fourth-order valence-electron chi connectivity index (χ4n) is 9.76. The normalized spacial score (nSPS) is 16.3. The highest BCUT2D eigenvalue weighted by Gasteiger charge is 2.38. The minimum absolute atomic E-state index is 0.227. The fraction of sp³-hybridized carbons (Fsp3) is 0.375. The Morgan fingerprint density at radius 1 is 0.473 bits per heavy atom. The molecule has 4 amide bonds. The summed E-state index contributed by atoms with van der Waals surface area (Å²) < 4.78 is 0. The van der Waals surface area contributed by atoms with E-state index in [1.165, 1.54) is 60.4 Å². The van der Waals surface area contributed by atoms with Crippen molar-refractivity contribution in [1.82, 2.24) is 9.80 Å². The molecule has 0 N–H and O–H groups in total. The van der Waals surface area contributed by atoms with E-state index in [2.05, 4.69) is 36.1 Å². The molecule has 0 radical (unpaired) electrons. The topological polar surface area (TPSA) is 78.0 Å². The zero-order chi connectivity index (χ0) is 37.6. The third kappa shape index (κ3) is 6.03. The van der Waals surface area contributed by atoms with Crippen LogP contribution in [0.2, 0.25) is 0 Å². The lowest BCUT2D eigenvalue weighted by Crippen LogP contribution is -2.45. The zero-order valence-electron chi connectivity index (χ0n) is 31.9. The summed E-state index contributed by atoms with van der Waals surface area (Å²) in [5, 5.41) is 6.87. The molecule has 0 saturated carbocycles. The summed E-state index contributed by atoms with van der Waals surface area (Å²) in [4.78, 5) is 61.6. The average Bonchev–Trinajstić information content (AvgIpc) is 3.22. The number of nitrogens with zero attached hydrogens (tertiary/aromatic N) is 3. The molecule has 0 aliphatic carbocycles. The molecule has 3 heterocycles. The highest BCUT2D eigenvalue weighted by atomic mass is 16.2. The van der Waals surface area contributed by atoms with E-state index in [9.17, 15) is 19.2 Å². The molecule has 1 fully saturated rings. The van der Waals surface area contributed by atoms with Crippen LogP contribution in [0.5, 0.6) is 0 Å². The van der Waals surface area contributed by atoms with Crippen molar-refractivity contribution in [2.24, 2.45) is 5.92 Å². The molecule has 0 atom stereocenters. The van der Waals surface area contributed by atoms with E-state index in [4.69, 9.17) is 0 Å². The van der Waals surface area contributed by atoms with Gasteiger partial charge in [-0.25, -0.2) is 0 Å². The van der Waals surface area contributed by atoms with Crippen molar-refractivity contribution in [2.45, 2.75) is 84.0 Å². The minimum atomic E-state index is -0.235. The lowest BCUT2D eigenvalue weighted by Gasteiger charge is -2.36. The Morgan fingerprint density at radius 2 is 0.891 bits per heavy atom. The summed E-state index contributed by atoms with van der Waals surface area (Å²) in [6.07, 6.45) is 13.8. The van der Waals surface area contributed by atoms with Crippen LogP contribution in [-0.2, 0) is 0 Å². The summed E-state index contributed by atoms with van der Waals surface area (Å²) in [6.45, 7) is 4.88. The van der Waals surface area contributed by atoms with Gasteiger partial charge in [0.1, 0.15) is 0 Å². The number of piperidine rings is 1. The maximum absolute atomic E-state index is 14.2. The van der Waals surface area contributed by atoms with Gasteiger partial charge < -0.3 is 4.90 Å². The van der Waals surface area contributed by atoms with Gasteiger partial charge in [-0.2, -0.15) is 0 Å². The van der Waals surface area contributed by atoms with E-state index >= 15 is 0 Å². The summed E-state index contributed by atoms with van der Waals surface area (Å²) in [5.41, 5.74) is 3.44. The predicted molar refractivity (Wildman–Crippen MR) is 222 cm³/mol. The van der Waals surface area contributed by atoms with Crippen LogP contribution in [-0.4, -0.2) is 59.6 Å². The highest BCUT2D eigenvalue weighted by Crippen LogP contribution is 2.46. The number of carbonyl (C=O) groups excluding carboxylic acids is 4. The van der Waals surface area contributed by atoms with Crippen molar-refractivity contribution < 1.29 is 19.2 Å². The van der Waals surface area contributed by atoms with Gasteiger partial charge >= 0.3 is 0 Å². The van der Waals surface area contributed by atoms with Crippen molar-refractivity contribution >= 4 is 72.4 Å². The number of carbonyl (C=O) groups is 4. The van der Waals surface area contributed by atoms with E-state index in [0.717, 1.165) is 77.5 Å². The van der Waals surface area contributed by atoms with E-state index in [0.29, 0.717) is 46.1 Å². The molecule has 0 spiro atoms. The van der Waals surface area contributed by atoms with Gasteiger partial charge in [0.25, 0.3) is 23.6 Å². The second kappa shape index (κ2) is 14.7. The van der Waals surface area contributed by atoms with Gasteiger partial charge in [0.05, 0.1) is 0 Å². The molecule has 9 rings (SSSR count). The van der Waals surface area contributed by atoms with Gasteiger partial charge in [-0.3, -0.25) is 29.0 Å². The number of hydrogen-bond donors (Lipinski definition) is 0. The number of fused-ring (bicyclic) bond motifs is 2. The Hall–Kier alpha value is -5.30. The Labute approximate surface area is 322 Å². The third-order valence-electron chi connectivity index (χ3n) is 12.7. The standard InChI is InChI=1S/C48H49N3O4/c1-2-3-4-5-6-7-8-9-10-14-27-50-45(52)37-21-17-33-35-19-23-39-44-40(24-20-36(42(35)44)34-18-22-38(46(50)53)43(37)41(33)34)48(55)51(47(39)54)30-31-25-28-49(29-26-31)32-15-12-11-13-16-32/h11-13,15-24,31H,2-10,14,25-30H2,1H3. The first-order valence-corrected chi connectivity index (χ1v) is 20.7. The van der Waals surface area contributed by atoms with Gasteiger partial charge in [0.2, 0.25) is 0 Å². The Morgan fingerprint density at radius 3 is 1.35 bits per heavy atom. The lowest BCUT2D eigenvalue weighted by molar-refractivity contribution is 0.0571. The Balaban J connectivity index is 0.971. The lowest BCUT2D eigenvalue weighted by atomic mass is 9.82. The molecular formula is C48H49N3O4.